The number of urea groups is 1. The Morgan fingerprint density at radius 2 is 2.21 bits per heavy atom. The Bertz CT molecular complexity index is 684. The molecule has 1 aromatic heterocycles. The van der Waals surface area contributed by atoms with Gasteiger partial charge >= 0.3 is 6.03 Å². The summed E-state index contributed by atoms with van der Waals surface area (Å²) in [6.07, 6.45) is 4.86. The van der Waals surface area contributed by atoms with Crippen LogP contribution in [0.5, 0.6) is 5.75 Å². The summed E-state index contributed by atoms with van der Waals surface area (Å²) in [5.74, 6) is 0.647. The molecule has 0 spiro atoms. The molecule has 2 rings (SSSR count). The van der Waals surface area contributed by atoms with Crippen LogP contribution in [0.15, 0.2) is 36.8 Å². The predicted molar refractivity (Wildman–Crippen MR) is 91.3 cm³/mol. The smallest absolute Gasteiger partial charge is 0.325 e. The first kappa shape index (κ1) is 17.9. The molecule has 8 nitrogen and oxygen atoms in total. The number of carbonyl (C=O) groups excluding carboxylic acids is 1. The number of hydrogen-bond acceptors (Lipinski definition) is 6. The van der Waals surface area contributed by atoms with Gasteiger partial charge in [-0.05, 0) is 38.2 Å². The Morgan fingerprint density at radius 3 is 2.83 bits per heavy atom. The van der Waals surface area contributed by atoms with Crippen molar-refractivity contribution < 1.29 is 9.53 Å². The van der Waals surface area contributed by atoms with Gasteiger partial charge in [-0.25, -0.2) is 14.7 Å². The van der Waals surface area contributed by atoms with Crippen molar-refractivity contribution in [3.05, 3.63) is 47.0 Å². The van der Waals surface area contributed by atoms with E-state index in [0.717, 1.165) is 9.96 Å². The number of benzene rings is 1. The lowest BCUT2D eigenvalue weighted by atomic mass is 10.2. The van der Waals surface area contributed by atoms with Gasteiger partial charge in [0.1, 0.15) is 5.75 Å². The highest BCUT2D eigenvalue weighted by Crippen LogP contribution is 2.35. The zero-order valence-corrected chi connectivity index (χ0v) is 13.8. The van der Waals surface area contributed by atoms with Crippen LogP contribution in [0, 0.1) is 5.21 Å². The highest BCUT2D eigenvalue weighted by Gasteiger charge is 2.21. The largest absolute Gasteiger partial charge is 0.785 e. The van der Waals surface area contributed by atoms with E-state index in [-0.39, 0.29) is 5.82 Å². The molecule has 1 aromatic carbocycles. The number of aromatic nitrogens is 2. The Labute approximate surface area is 144 Å². The van der Waals surface area contributed by atoms with Crippen LogP contribution in [0.1, 0.15) is 6.42 Å². The van der Waals surface area contributed by atoms with Gasteiger partial charge in [0.05, 0.1) is 18.5 Å². The summed E-state index contributed by atoms with van der Waals surface area (Å²) in [6.45, 7) is 0.640. The molecule has 0 radical (unpaired) electrons. The lowest BCUT2D eigenvalue weighted by molar-refractivity contribution is 0.255. The van der Waals surface area contributed by atoms with Gasteiger partial charge in [0.15, 0.2) is 5.82 Å². The third-order valence-corrected chi connectivity index (χ3v) is 3.27. The van der Waals surface area contributed by atoms with Gasteiger partial charge in [-0.3, -0.25) is 4.98 Å². The van der Waals surface area contributed by atoms with E-state index >= 15 is 0 Å². The fourth-order valence-electron chi connectivity index (χ4n) is 2.02. The number of nitrogens with two attached hydrogens (primary N) is 1. The molecular weight excluding hydrogens is 334 g/mol. The third-order valence-electron chi connectivity index (χ3n) is 3.04. The summed E-state index contributed by atoms with van der Waals surface area (Å²) in [5, 5.41) is 12.1. The van der Waals surface area contributed by atoms with E-state index in [1.54, 1.807) is 18.2 Å². The van der Waals surface area contributed by atoms with Crippen LogP contribution < -0.4 is 15.4 Å². The SMILES string of the molecule is CN([O-])CCCOc1ccc(Cl)cc1N(C(N)=O)c1cnccn1. The molecule has 2 amide bonds. The normalized spacial score (nSPS) is 10.7. The fourth-order valence-corrected chi connectivity index (χ4v) is 2.18. The summed E-state index contributed by atoms with van der Waals surface area (Å²) >= 11 is 6.04. The number of anilines is 2. The Kier molecular flexibility index (Phi) is 6.30. The minimum Gasteiger partial charge on any atom is -0.785 e. The zero-order chi connectivity index (χ0) is 17.5. The number of primary amides is 1. The molecule has 1 heterocycles. The van der Waals surface area contributed by atoms with Crippen LogP contribution in [0.4, 0.5) is 16.3 Å². The zero-order valence-electron chi connectivity index (χ0n) is 13.1. The van der Waals surface area contributed by atoms with E-state index in [1.807, 2.05) is 0 Å². The molecule has 0 fully saturated rings. The molecule has 0 saturated carbocycles. The number of amides is 2. The second kappa shape index (κ2) is 8.44. The van der Waals surface area contributed by atoms with E-state index in [1.165, 1.54) is 25.6 Å². The van der Waals surface area contributed by atoms with E-state index in [0.29, 0.717) is 36.0 Å². The van der Waals surface area contributed by atoms with Crippen LogP contribution >= 0.6 is 11.6 Å². The van der Waals surface area contributed by atoms with Gasteiger partial charge in [0.2, 0.25) is 0 Å². The van der Waals surface area contributed by atoms with Crippen molar-refractivity contribution in [2.24, 2.45) is 5.73 Å². The molecule has 0 atom stereocenters. The maximum atomic E-state index is 11.9. The molecule has 128 valence electrons. The van der Waals surface area contributed by atoms with Crippen LogP contribution in [0.25, 0.3) is 0 Å². The quantitative estimate of drug-likeness (QED) is 0.607. The van der Waals surface area contributed by atoms with Crippen LogP contribution in [-0.2, 0) is 0 Å². The van der Waals surface area contributed by atoms with Crippen molar-refractivity contribution >= 4 is 29.1 Å². The first-order valence-electron chi connectivity index (χ1n) is 7.15. The fraction of sp³-hybridized carbons (Fsp3) is 0.267. The highest BCUT2D eigenvalue weighted by molar-refractivity contribution is 6.31. The molecule has 0 aliphatic carbocycles. The number of hydrogen-bond donors (Lipinski definition) is 1. The molecule has 2 N–H and O–H groups in total. The average Bonchev–Trinajstić information content (AvgIpc) is 2.54. The molecule has 2 aromatic rings. The topological polar surface area (TPSA) is 108 Å². The monoisotopic (exact) mass is 350 g/mol. The second-order valence-electron chi connectivity index (χ2n) is 4.90. The van der Waals surface area contributed by atoms with E-state index in [9.17, 15) is 10.0 Å². The van der Waals surface area contributed by atoms with Crippen molar-refractivity contribution in [2.45, 2.75) is 6.42 Å². The minimum atomic E-state index is -0.748. The molecule has 0 bridgehead atoms. The molecule has 9 heteroatoms. The second-order valence-corrected chi connectivity index (χ2v) is 5.34. The summed E-state index contributed by atoms with van der Waals surface area (Å²) in [4.78, 5) is 21.1. The van der Waals surface area contributed by atoms with Crippen molar-refractivity contribution in [3.8, 4) is 5.75 Å². The summed E-state index contributed by atoms with van der Waals surface area (Å²) < 4.78 is 5.67. The highest BCUT2D eigenvalue weighted by atomic mass is 35.5. The lowest BCUT2D eigenvalue weighted by Gasteiger charge is -2.23. The summed E-state index contributed by atoms with van der Waals surface area (Å²) in [7, 11) is 1.44. The Balaban J connectivity index is 2.29. The van der Waals surface area contributed by atoms with Gasteiger partial charge in [0, 0.05) is 17.4 Å². The van der Waals surface area contributed by atoms with Gasteiger partial charge in [-0.2, -0.15) is 0 Å². The number of halogens is 1. The van der Waals surface area contributed by atoms with Crippen LogP contribution in [0.3, 0.4) is 0 Å². The Morgan fingerprint density at radius 1 is 1.42 bits per heavy atom. The van der Waals surface area contributed by atoms with Crippen molar-refractivity contribution in [1.29, 1.82) is 0 Å². The average molecular weight is 351 g/mol. The lowest BCUT2D eigenvalue weighted by Crippen LogP contribution is -2.32. The molecule has 0 aliphatic heterocycles. The maximum Gasteiger partial charge on any atom is 0.325 e. The number of carbonyl (C=O) groups is 1. The minimum absolute atomic E-state index is 0.247. The maximum absolute atomic E-state index is 11.9. The van der Waals surface area contributed by atoms with Crippen molar-refractivity contribution in [3.63, 3.8) is 0 Å². The Hall–Kier alpha value is -2.42. The number of hydroxylamine groups is 2. The van der Waals surface area contributed by atoms with Gasteiger partial charge in [-0.1, -0.05) is 11.6 Å². The molecular formula is C15H17ClN5O3-. The van der Waals surface area contributed by atoms with Gasteiger partial charge in [-0.15, -0.1) is 0 Å². The first-order chi connectivity index (χ1) is 11.5. The van der Waals surface area contributed by atoms with Crippen molar-refractivity contribution in [2.75, 3.05) is 25.1 Å². The number of nitrogens with zero attached hydrogens (tertiary/aromatic N) is 4. The predicted octanol–water partition coefficient (Wildman–Crippen LogP) is 2.55. The van der Waals surface area contributed by atoms with E-state index in [4.69, 9.17) is 22.1 Å². The van der Waals surface area contributed by atoms with Crippen LogP contribution in [0.2, 0.25) is 5.02 Å². The van der Waals surface area contributed by atoms with E-state index in [2.05, 4.69) is 9.97 Å². The van der Waals surface area contributed by atoms with Gasteiger partial charge < -0.3 is 20.7 Å². The molecule has 24 heavy (non-hydrogen) atoms. The standard InChI is InChI=1S/C15H17ClN5O3/c1-20(23)7-2-8-24-13-4-3-11(16)9-12(13)21(15(17)22)14-10-18-5-6-19-14/h3-6,9-10H,2,7-8H2,1H3,(H2,17,22)/q-1. The first-order valence-corrected chi connectivity index (χ1v) is 7.53. The van der Waals surface area contributed by atoms with Gasteiger partial charge in [0.25, 0.3) is 0 Å². The van der Waals surface area contributed by atoms with Crippen LogP contribution in [-0.4, -0.2) is 41.3 Å². The number of ether oxygens (including phenoxy) is 1. The number of rotatable bonds is 7. The molecule has 0 unspecified atom stereocenters. The third kappa shape index (κ3) is 4.79. The van der Waals surface area contributed by atoms with Crippen molar-refractivity contribution in [1.82, 2.24) is 15.0 Å². The molecule has 0 aliphatic rings. The van der Waals surface area contributed by atoms with E-state index < -0.39 is 6.03 Å². The molecule has 0 saturated heterocycles. The summed E-state index contributed by atoms with van der Waals surface area (Å²) in [5.41, 5.74) is 5.84. The summed E-state index contributed by atoms with van der Waals surface area (Å²) in [6, 6.07) is 4.07.